The van der Waals surface area contributed by atoms with Crippen LogP contribution in [0.2, 0.25) is 0 Å². The van der Waals surface area contributed by atoms with Gasteiger partial charge in [-0.15, -0.1) is 0 Å². The quantitative estimate of drug-likeness (QED) is 0.617. The Labute approximate surface area is 165 Å². The van der Waals surface area contributed by atoms with E-state index < -0.39 is 0 Å². The monoisotopic (exact) mass is 371 g/mol. The Balaban J connectivity index is 1.41. The number of likely N-dealkylation sites (tertiary alicyclic amines) is 2. The third kappa shape index (κ3) is 5.94. The predicted octanol–water partition coefficient (Wildman–Crippen LogP) is 2.72. The number of rotatable bonds is 5. The highest BCUT2D eigenvalue weighted by Crippen LogP contribution is 2.24. The molecule has 1 aromatic carbocycles. The molecule has 2 N–H and O–H groups in total. The minimum Gasteiger partial charge on any atom is -0.356 e. The zero-order valence-electron chi connectivity index (χ0n) is 17.3. The molecule has 0 spiro atoms. The maximum absolute atomic E-state index is 4.45. The van der Waals surface area contributed by atoms with E-state index in [1.54, 1.807) is 0 Å². The number of nitrogens with zero attached hydrogens (tertiary/aromatic N) is 3. The van der Waals surface area contributed by atoms with Crippen LogP contribution in [-0.2, 0) is 0 Å². The summed E-state index contributed by atoms with van der Waals surface area (Å²) in [5.41, 5.74) is 1.42. The number of aliphatic imine (C=N–C) groups is 1. The van der Waals surface area contributed by atoms with E-state index in [0.29, 0.717) is 12.1 Å². The largest absolute Gasteiger partial charge is 0.356 e. The van der Waals surface area contributed by atoms with Crippen molar-refractivity contribution in [3.8, 4) is 0 Å². The molecule has 1 aromatic rings. The number of nitrogens with one attached hydrogen (secondary N) is 2. The molecule has 2 aliphatic rings. The minimum absolute atomic E-state index is 0.493. The molecule has 2 aliphatic heterocycles. The highest BCUT2D eigenvalue weighted by atomic mass is 15.2. The molecular weight excluding hydrogens is 334 g/mol. The first-order valence-electron chi connectivity index (χ1n) is 10.6. The predicted molar refractivity (Wildman–Crippen MR) is 114 cm³/mol. The van der Waals surface area contributed by atoms with Crippen molar-refractivity contribution < 1.29 is 0 Å². The summed E-state index contributed by atoms with van der Waals surface area (Å²) >= 11 is 0. The Hall–Kier alpha value is -1.59. The third-order valence-electron chi connectivity index (χ3n) is 6.20. The molecule has 2 saturated heterocycles. The molecular formula is C22H37N5. The lowest BCUT2D eigenvalue weighted by Crippen LogP contribution is -2.50. The van der Waals surface area contributed by atoms with Crippen LogP contribution in [-0.4, -0.2) is 68.6 Å². The van der Waals surface area contributed by atoms with E-state index in [0.717, 1.165) is 31.5 Å². The zero-order chi connectivity index (χ0) is 19.1. The topological polar surface area (TPSA) is 42.9 Å². The van der Waals surface area contributed by atoms with E-state index >= 15 is 0 Å². The fraction of sp³-hybridized carbons (Fsp3) is 0.682. The molecule has 27 heavy (non-hydrogen) atoms. The highest BCUT2D eigenvalue weighted by Gasteiger charge is 2.24. The van der Waals surface area contributed by atoms with Crippen LogP contribution in [0.3, 0.4) is 0 Å². The van der Waals surface area contributed by atoms with Crippen LogP contribution < -0.4 is 10.6 Å². The van der Waals surface area contributed by atoms with Crippen LogP contribution in [0.5, 0.6) is 0 Å². The lowest BCUT2D eigenvalue weighted by Gasteiger charge is -2.37. The molecule has 0 aromatic heterocycles. The van der Waals surface area contributed by atoms with E-state index in [4.69, 9.17) is 0 Å². The summed E-state index contributed by atoms with van der Waals surface area (Å²) in [5, 5.41) is 7.22. The van der Waals surface area contributed by atoms with Crippen LogP contribution in [0.1, 0.15) is 44.2 Å². The van der Waals surface area contributed by atoms with E-state index in [2.05, 4.69) is 69.7 Å². The van der Waals surface area contributed by atoms with Crippen molar-refractivity contribution in [2.45, 2.75) is 44.7 Å². The number of hydrogen-bond donors (Lipinski definition) is 2. The summed E-state index contributed by atoms with van der Waals surface area (Å²) in [7, 11) is 4.11. The van der Waals surface area contributed by atoms with E-state index in [-0.39, 0.29) is 0 Å². The summed E-state index contributed by atoms with van der Waals surface area (Å²) in [4.78, 5) is 9.49. The summed E-state index contributed by atoms with van der Waals surface area (Å²) in [5.74, 6) is 1.70. The normalized spacial score (nSPS) is 24.6. The first-order valence-corrected chi connectivity index (χ1v) is 10.6. The minimum atomic E-state index is 0.493. The van der Waals surface area contributed by atoms with Gasteiger partial charge in [-0.05, 0) is 57.7 Å². The third-order valence-corrected chi connectivity index (χ3v) is 6.20. The van der Waals surface area contributed by atoms with Crippen molar-refractivity contribution in [1.29, 1.82) is 0 Å². The molecule has 0 amide bonds. The summed E-state index contributed by atoms with van der Waals surface area (Å²) in [6.45, 7) is 8.05. The lowest BCUT2D eigenvalue weighted by molar-refractivity contribution is 0.158. The Morgan fingerprint density at radius 3 is 2.56 bits per heavy atom. The van der Waals surface area contributed by atoms with Gasteiger partial charge in [0.2, 0.25) is 0 Å². The Kier molecular flexibility index (Phi) is 7.53. The number of guanidine groups is 1. The van der Waals surface area contributed by atoms with Gasteiger partial charge in [0.15, 0.2) is 5.96 Å². The zero-order valence-corrected chi connectivity index (χ0v) is 17.3. The van der Waals surface area contributed by atoms with Gasteiger partial charge in [0.25, 0.3) is 0 Å². The molecule has 3 rings (SSSR count). The summed E-state index contributed by atoms with van der Waals surface area (Å²) < 4.78 is 0. The SMILES string of the molecule is CN=C(NCC1CCCN(C)C1)NC1CCN(C(C)c2ccccc2)CC1. The van der Waals surface area contributed by atoms with Crippen LogP contribution in [0.4, 0.5) is 0 Å². The molecule has 5 nitrogen and oxygen atoms in total. The molecule has 2 fully saturated rings. The number of hydrogen-bond acceptors (Lipinski definition) is 3. The standard InChI is InChI=1S/C22H37N5/c1-18(20-9-5-4-6-10-20)27-14-11-21(12-15-27)25-22(23-2)24-16-19-8-7-13-26(3)17-19/h4-6,9-10,18-19,21H,7-8,11-17H2,1-3H3,(H2,23,24,25). The van der Waals surface area contributed by atoms with Crippen molar-refractivity contribution in [3.63, 3.8) is 0 Å². The fourth-order valence-electron chi connectivity index (χ4n) is 4.44. The summed E-state index contributed by atoms with van der Waals surface area (Å²) in [6.07, 6.45) is 4.98. The first kappa shape index (κ1) is 20.2. The van der Waals surface area contributed by atoms with Gasteiger partial charge in [0.05, 0.1) is 0 Å². The average Bonchev–Trinajstić information content (AvgIpc) is 2.72. The van der Waals surface area contributed by atoms with Crippen molar-refractivity contribution in [2.75, 3.05) is 46.8 Å². The maximum atomic E-state index is 4.45. The van der Waals surface area contributed by atoms with Gasteiger partial charge in [-0.1, -0.05) is 30.3 Å². The Morgan fingerprint density at radius 2 is 1.89 bits per heavy atom. The van der Waals surface area contributed by atoms with Gasteiger partial charge in [-0.25, -0.2) is 0 Å². The van der Waals surface area contributed by atoms with Crippen LogP contribution in [0.25, 0.3) is 0 Å². The molecule has 2 unspecified atom stereocenters. The number of piperidine rings is 2. The van der Waals surface area contributed by atoms with Gasteiger partial charge in [-0.2, -0.15) is 0 Å². The van der Waals surface area contributed by atoms with Gasteiger partial charge in [0, 0.05) is 45.3 Å². The van der Waals surface area contributed by atoms with Crippen molar-refractivity contribution >= 4 is 5.96 Å². The molecule has 0 radical (unpaired) electrons. The molecule has 2 atom stereocenters. The van der Waals surface area contributed by atoms with Crippen LogP contribution in [0.15, 0.2) is 35.3 Å². The highest BCUT2D eigenvalue weighted by molar-refractivity contribution is 5.79. The smallest absolute Gasteiger partial charge is 0.191 e. The van der Waals surface area contributed by atoms with Crippen LogP contribution in [0, 0.1) is 5.92 Å². The second-order valence-electron chi connectivity index (χ2n) is 8.26. The summed E-state index contributed by atoms with van der Waals surface area (Å²) in [6, 6.07) is 11.9. The molecule has 5 heteroatoms. The molecule has 150 valence electrons. The average molecular weight is 372 g/mol. The van der Waals surface area contributed by atoms with Gasteiger partial charge in [0.1, 0.15) is 0 Å². The van der Waals surface area contributed by atoms with Crippen molar-refractivity contribution in [3.05, 3.63) is 35.9 Å². The van der Waals surface area contributed by atoms with E-state index in [9.17, 15) is 0 Å². The van der Waals surface area contributed by atoms with E-state index in [1.807, 2.05) is 7.05 Å². The molecule has 2 heterocycles. The lowest BCUT2D eigenvalue weighted by atomic mass is 9.98. The van der Waals surface area contributed by atoms with E-state index in [1.165, 1.54) is 44.3 Å². The van der Waals surface area contributed by atoms with Crippen molar-refractivity contribution in [1.82, 2.24) is 20.4 Å². The number of benzene rings is 1. The second kappa shape index (κ2) is 10.1. The Morgan fingerprint density at radius 1 is 1.15 bits per heavy atom. The second-order valence-corrected chi connectivity index (χ2v) is 8.26. The van der Waals surface area contributed by atoms with Crippen LogP contribution >= 0.6 is 0 Å². The molecule has 0 saturated carbocycles. The van der Waals surface area contributed by atoms with Gasteiger partial charge >= 0.3 is 0 Å². The van der Waals surface area contributed by atoms with Crippen molar-refractivity contribution in [2.24, 2.45) is 10.9 Å². The van der Waals surface area contributed by atoms with Gasteiger partial charge in [-0.3, -0.25) is 9.89 Å². The maximum Gasteiger partial charge on any atom is 0.191 e. The first-order chi connectivity index (χ1) is 13.2. The fourth-order valence-corrected chi connectivity index (χ4v) is 4.44. The molecule has 0 bridgehead atoms. The molecule has 0 aliphatic carbocycles. The van der Waals surface area contributed by atoms with Gasteiger partial charge < -0.3 is 15.5 Å². The Bertz CT molecular complexity index is 580.